The van der Waals surface area contributed by atoms with Crippen molar-refractivity contribution in [3.05, 3.63) is 35.9 Å². The third-order valence-electron chi connectivity index (χ3n) is 4.01. The zero-order chi connectivity index (χ0) is 12.4. The van der Waals surface area contributed by atoms with Crippen LogP contribution >= 0.6 is 0 Å². The van der Waals surface area contributed by atoms with E-state index >= 15 is 0 Å². The van der Waals surface area contributed by atoms with Gasteiger partial charge >= 0.3 is 0 Å². The van der Waals surface area contributed by atoms with Crippen LogP contribution in [0.2, 0.25) is 0 Å². The molecule has 18 heavy (non-hydrogen) atoms. The number of rotatable bonds is 2. The normalized spacial score (nSPS) is 22.8. The maximum absolute atomic E-state index is 5.72. The molecule has 96 valence electrons. The summed E-state index contributed by atoms with van der Waals surface area (Å²) in [5.74, 6) is 0.617. The lowest BCUT2D eigenvalue weighted by Crippen LogP contribution is -2.54. The van der Waals surface area contributed by atoms with Crippen molar-refractivity contribution in [3.63, 3.8) is 0 Å². The average molecular weight is 244 g/mol. The summed E-state index contributed by atoms with van der Waals surface area (Å²) in [7, 11) is 0. The van der Waals surface area contributed by atoms with Crippen LogP contribution in [0.3, 0.4) is 0 Å². The minimum Gasteiger partial charge on any atom is -0.370 e. The predicted octanol–water partition coefficient (Wildman–Crippen LogP) is 0.939. The monoisotopic (exact) mass is 244 g/mol. The van der Waals surface area contributed by atoms with Crippen molar-refractivity contribution in [2.75, 3.05) is 19.6 Å². The van der Waals surface area contributed by atoms with Gasteiger partial charge in [-0.05, 0) is 18.4 Å². The highest BCUT2D eigenvalue weighted by atomic mass is 15.2. The van der Waals surface area contributed by atoms with Crippen LogP contribution < -0.4 is 11.1 Å². The van der Waals surface area contributed by atoms with Crippen LogP contribution in [0, 0.1) is 0 Å². The molecule has 0 aromatic heterocycles. The molecule has 2 aliphatic rings. The van der Waals surface area contributed by atoms with Crippen molar-refractivity contribution < 1.29 is 0 Å². The largest absolute Gasteiger partial charge is 0.370 e. The SMILES string of the molecule is NC1=NCC2(CCN(Cc3ccccc3)CC2)N1. The molecule has 0 radical (unpaired) electrons. The maximum atomic E-state index is 5.72. The van der Waals surface area contributed by atoms with E-state index in [-0.39, 0.29) is 5.54 Å². The minimum absolute atomic E-state index is 0.150. The molecule has 0 aliphatic carbocycles. The van der Waals surface area contributed by atoms with E-state index in [9.17, 15) is 0 Å². The Morgan fingerprint density at radius 2 is 1.94 bits per heavy atom. The molecule has 3 N–H and O–H groups in total. The Morgan fingerprint density at radius 1 is 1.22 bits per heavy atom. The Balaban J connectivity index is 1.55. The summed E-state index contributed by atoms with van der Waals surface area (Å²) in [6.07, 6.45) is 2.26. The van der Waals surface area contributed by atoms with Crippen molar-refractivity contribution in [3.8, 4) is 0 Å². The Kier molecular flexibility index (Phi) is 2.96. The molecule has 1 fully saturated rings. The Labute approximate surface area is 108 Å². The van der Waals surface area contributed by atoms with Crippen molar-refractivity contribution in [2.24, 2.45) is 10.7 Å². The van der Waals surface area contributed by atoms with Crippen LogP contribution in [0.25, 0.3) is 0 Å². The average Bonchev–Trinajstić information content (AvgIpc) is 2.75. The van der Waals surface area contributed by atoms with E-state index < -0.39 is 0 Å². The first kappa shape index (κ1) is 11.5. The lowest BCUT2D eigenvalue weighted by Gasteiger charge is -2.39. The molecule has 1 aromatic carbocycles. The second-order valence-corrected chi connectivity index (χ2v) is 5.37. The van der Waals surface area contributed by atoms with E-state index in [1.54, 1.807) is 0 Å². The predicted molar refractivity (Wildman–Crippen MR) is 73.3 cm³/mol. The van der Waals surface area contributed by atoms with Crippen molar-refractivity contribution in [2.45, 2.75) is 24.9 Å². The van der Waals surface area contributed by atoms with Crippen LogP contribution in [0.4, 0.5) is 0 Å². The van der Waals surface area contributed by atoms with E-state index in [1.807, 2.05) is 0 Å². The van der Waals surface area contributed by atoms with Gasteiger partial charge in [-0.25, -0.2) is 0 Å². The first-order chi connectivity index (χ1) is 8.76. The van der Waals surface area contributed by atoms with Crippen molar-refractivity contribution >= 4 is 5.96 Å². The van der Waals surface area contributed by atoms with Gasteiger partial charge in [0.2, 0.25) is 0 Å². The number of benzene rings is 1. The molecule has 0 atom stereocenters. The molecule has 1 aromatic rings. The zero-order valence-corrected chi connectivity index (χ0v) is 10.6. The van der Waals surface area contributed by atoms with Crippen LogP contribution in [-0.4, -0.2) is 36.0 Å². The first-order valence-electron chi connectivity index (χ1n) is 6.60. The van der Waals surface area contributed by atoms with E-state index in [0.717, 1.165) is 39.0 Å². The van der Waals surface area contributed by atoms with Gasteiger partial charge in [0.25, 0.3) is 0 Å². The number of guanidine groups is 1. The summed E-state index contributed by atoms with van der Waals surface area (Å²) in [5, 5.41) is 3.35. The van der Waals surface area contributed by atoms with Crippen LogP contribution in [0.5, 0.6) is 0 Å². The van der Waals surface area contributed by atoms with E-state index in [0.29, 0.717) is 5.96 Å². The fourth-order valence-electron chi connectivity index (χ4n) is 2.85. The highest BCUT2D eigenvalue weighted by Gasteiger charge is 2.37. The van der Waals surface area contributed by atoms with Gasteiger partial charge in [0.05, 0.1) is 12.1 Å². The van der Waals surface area contributed by atoms with Gasteiger partial charge in [0, 0.05) is 19.6 Å². The van der Waals surface area contributed by atoms with Crippen molar-refractivity contribution in [1.29, 1.82) is 0 Å². The summed E-state index contributed by atoms with van der Waals surface area (Å²) in [4.78, 5) is 6.80. The number of likely N-dealkylation sites (tertiary alicyclic amines) is 1. The first-order valence-corrected chi connectivity index (χ1v) is 6.60. The summed E-state index contributed by atoms with van der Waals surface area (Å²) in [6, 6.07) is 10.7. The number of piperidine rings is 1. The Morgan fingerprint density at radius 3 is 2.56 bits per heavy atom. The number of aliphatic imine (C=N–C) groups is 1. The van der Waals surface area contributed by atoms with Gasteiger partial charge in [-0.3, -0.25) is 9.89 Å². The van der Waals surface area contributed by atoms with Gasteiger partial charge in [-0.1, -0.05) is 30.3 Å². The molecule has 0 saturated carbocycles. The van der Waals surface area contributed by atoms with E-state index in [4.69, 9.17) is 5.73 Å². The van der Waals surface area contributed by atoms with Gasteiger partial charge in [0.1, 0.15) is 0 Å². The summed E-state index contributed by atoms with van der Waals surface area (Å²) in [6.45, 7) is 4.13. The van der Waals surface area contributed by atoms with Crippen LogP contribution in [-0.2, 0) is 6.54 Å². The molecule has 1 spiro atoms. The molecule has 2 aliphatic heterocycles. The molecule has 4 heteroatoms. The molecule has 2 heterocycles. The molecular weight excluding hydrogens is 224 g/mol. The molecular formula is C14H20N4. The summed E-state index contributed by atoms with van der Waals surface area (Å²) < 4.78 is 0. The Hall–Kier alpha value is -1.55. The topological polar surface area (TPSA) is 53.6 Å². The van der Waals surface area contributed by atoms with Gasteiger partial charge in [-0.2, -0.15) is 0 Å². The molecule has 0 unspecified atom stereocenters. The third-order valence-corrected chi connectivity index (χ3v) is 4.01. The number of hydrogen-bond donors (Lipinski definition) is 2. The van der Waals surface area contributed by atoms with Gasteiger partial charge in [0.15, 0.2) is 5.96 Å². The fourth-order valence-corrected chi connectivity index (χ4v) is 2.85. The number of nitrogens with one attached hydrogen (secondary N) is 1. The minimum atomic E-state index is 0.150. The molecule has 1 saturated heterocycles. The zero-order valence-electron chi connectivity index (χ0n) is 10.6. The number of nitrogens with two attached hydrogens (primary N) is 1. The molecule has 4 nitrogen and oxygen atoms in total. The lowest BCUT2D eigenvalue weighted by atomic mass is 9.88. The van der Waals surface area contributed by atoms with Crippen LogP contribution in [0.1, 0.15) is 18.4 Å². The van der Waals surface area contributed by atoms with E-state index in [1.165, 1.54) is 5.56 Å². The standard InChI is InChI=1S/C14H20N4/c15-13-16-11-14(17-13)6-8-18(9-7-14)10-12-4-2-1-3-5-12/h1-5H,6-11H2,(H3,15,16,17). The number of hydrogen-bond acceptors (Lipinski definition) is 4. The lowest BCUT2D eigenvalue weighted by molar-refractivity contribution is 0.153. The third kappa shape index (κ3) is 2.34. The van der Waals surface area contributed by atoms with Crippen molar-refractivity contribution in [1.82, 2.24) is 10.2 Å². The number of nitrogens with zero attached hydrogens (tertiary/aromatic N) is 2. The highest BCUT2D eigenvalue weighted by molar-refractivity contribution is 5.80. The van der Waals surface area contributed by atoms with Gasteiger partial charge < -0.3 is 11.1 Å². The fraction of sp³-hybridized carbons (Fsp3) is 0.500. The van der Waals surface area contributed by atoms with E-state index in [2.05, 4.69) is 45.5 Å². The molecule has 0 bridgehead atoms. The molecule has 0 amide bonds. The summed E-state index contributed by atoms with van der Waals surface area (Å²) >= 11 is 0. The Bertz CT molecular complexity index is 432. The molecule has 3 rings (SSSR count). The van der Waals surface area contributed by atoms with Gasteiger partial charge in [-0.15, -0.1) is 0 Å². The maximum Gasteiger partial charge on any atom is 0.189 e. The highest BCUT2D eigenvalue weighted by Crippen LogP contribution is 2.26. The van der Waals surface area contributed by atoms with Crippen LogP contribution in [0.15, 0.2) is 35.3 Å². The quantitative estimate of drug-likeness (QED) is 0.814. The second-order valence-electron chi connectivity index (χ2n) is 5.37. The second kappa shape index (κ2) is 4.61. The summed E-state index contributed by atoms with van der Waals surface area (Å²) in [5.41, 5.74) is 7.27. The smallest absolute Gasteiger partial charge is 0.189 e.